The first-order valence-electron chi connectivity index (χ1n) is 7.58. The first kappa shape index (κ1) is 23.7. The quantitative estimate of drug-likeness (QED) is 0.238. The summed E-state index contributed by atoms with van der Waals surface area (Å²) in [5, 5.41) is 8.97. The minimum Gasteiger partial charge on any atom is -0.380 e. The normalized spacial score (nSPS) is 11.9. The lowest BCUT2D eigenvalue weighted by molar-refractivity contribution is -0.121. The van der Waals surface area contributed by atoms with Crippen LogP contribution in [0.15, 0.2) is 4.99 Å². The van der Waals surface area contributed by atoms with Crippen LogP contribution in [-0.4, -0.2) is 50.8 Å². The lowest BCUT2D eigenvalue weighted by Crippen LogP contribution is -2.48. The Balaban J connectivity index is 0. The number of hydrogen-bond donors (Lipinski definition) is 3. The standard InChI is InChI=1S/C15H32N4O2.HI/c1-12(2)7-9-21-10-8-17-14(16-6)18-11-13(20)19-15(3,4)5;/h12H,7-11H2,1-6H3,(H,19,20)(H2,16,17,18);1H. The van der Waals surface area contributed by atoms with E-state index in [2.05, 4.69) is 34.8 Å². The molecular weight excluding hydrogens is 395 g/mol. The minimum absolute atomic E-state index is 0. The molecule has 22 heavy (non-hydrogen) atoms. The molecule has 0 atom stereocenters. The van der Waals surface area contributed by atoms with Crippen LogP contribution in [0.5, 0.6) is 0 Å². The molecule has 7 heteroatoms. The van der Waals surface area contributed by atoms with E-state index in [4.69, 9.17) is 4.74 Å². The second kappa shape index (κ2) is 12.9. The second-order valence-electron chi connectivity index (χ2n) is 6.45. The van der Waals surface area contributed by atoms with Crippen molar-refractivity contribution in [3.8, 4) is 0 Å². The summed E-state index contributed by atoms with van der Waals surface area (Å²) < 4.78 is 5.51. The van der Waals surface area contributed by atoms with Crippen molar-refractivity contribution in [2.75, 3.05) is 33.4 Å². The summed E-state index contributed by atoms with van der Waals surface area (Å²) in [6.45, 7) is 12.5. The summed E-state index contributed by atoms with van der Waals surface area (Å²) in [4.78, 5) is 15.7. The Bertz CT molecular complexity index is 328. The molecule has 3 N–H and O–H groups in total. The zero-order valence-corrected chi connectivity index (χ0v) is 17.1. The molecule has 1 amide bonds. The van der Waals surface area contributed by atoms with E-state index in [0.717, 1.165) is 13.0 Å². The van der Waals surface area contributed by atoms with Crippen molar-refractivity contribution in [2.45, 2.75) is 46.6 Å². The van der Waals surface area contributed by atoms with E-state index in [1.54, 1.807) is 7.05 Å². The van der Waals surface area contributed by atoms with E-state index in [1.165, 1.54) is 0 Å². The van der Waals surface area contributed by atoms with Gasteiger partial charge in [-0.15, -0.1) is 24.0 Å². The highest BCUT2D eigenvalue weighted by Gasteiger charge is 2.13. The van der Waals surface area contributed by atoms with Gasteiger partial charge >= 0.3 is 0 Å². The van der Waals surface area contributed by atoms with Crippen LogP contribution < -0.4 is 16.0 Å². The number of guanidine groups is 1. The summed E-state index contributed by atoms with van der Waals surface area (Å²) in [6.07, 6.45) is 1.07. The highest BCUT2D eigenvalue weighted by molar-refractivity contribution is 14.0. The number of carbonyl (C=O) groups excluding carboxylic acids is 1. The molecule has 0 aliphatic heterocycles. The Labute approximate surface area is 152 Å². The van der Waals surface area contributed by atoms with Crippen LogP contribution in [0.25, 0.3) is 0 Å². The Morgan fingerprint density at radius 2 is 1.82 bits per heavy atom. The molecule has 0 bridgehead atoms. The summed E-state index contributed by atoms with van der Waals surface area (Å²) in [5.74, 6) is 1.21. The Morgan fingerprint density at radius 3 is 2.32 bits per heavy atom. The number of nitrogens with one attached hydrogen (secondary N) is 3. The molecule has 0 saturated carbocycles. The smallest absolute Gasteiger partial charge is 0.239 e. The van der Waals surface area contributed by atoms with Crippen molar-refractivity contribution < 1.29 is 9.53 Å². The van der Waals surface area contributed by atoms with E-state index in [0.29, 0.717) is 25.0 Å². The number of nitrogens with zero attached hydrogens (tertiary/aromatic N) is 1. The fourth-order valence-electron chi connectivity index (χ4n) is 1.51. The van der Waals surface area contributed by atoms with Crippen LogP contribution in [0.4, 0.5) is 0 Å². The molecule has 132 valence electrons. The molecule has 0 aliphatic rings. The number of amides is 1. The third-order valence-corrected chi connectivity index (χ3v) is 2.53. The van der Waals surface area contributed by atoms with Crippen molar-refractivity contribution >= 4 is 35.8 Å². The summed E-state index contributed by atoms with van der Waals surface area (Å²) >= 11 is 0. The SMILES string of the molecule is CN=C(NCCOCCC(C)C)NCC(=O)NC(C)(C)C.I. The number of halogens is 1. The highest BCUT2D eigenvalue weighted by atomic mass is 127. The van der Waals surface area contributed by atoms with Crippen molar-refractivity contribution in [3.63, 3.8) is 0 Å². The largest absolute Gasteiger partial charge is 0.380 e. The zero-order valence-electron chi connectivity index (χ0n) is 14.8. The van der Waals surface area contributed by atoms with Crippen molar-refractivity contribution in [1.29, 1.82) is 0 Å². The van der Waals surface area contributed by atoms with Crippen LogP contribution in [-0.2, 0) is 9.53 Å². The molecule has 6 nitrogen and oxygen atoms in total. The van der Waals surface area contributed by atoms with Crippen LogP contribution in [0.3, 0.4) is 0 Å². The summed E-state index contributed by atoms with van der Waals surface area (Å²) in [7, 11) is 1.68. The molecule has 0 heterocycles. The molecule has 0 aromatic rings. The van der Waals surface area contributed by atoms with Gasteiger partial charge < -0.3 is 20.7 Å². The molecule has 0 aromatic heterocycles. The van der Waals surface area contributed by atoms with Crippen LogP contribution >= 0.6 is 24.0 Å². The average Bonchev–Trinajstić information content (AvgIpc) is 2.34. The van der Waals surface area contributed by atoms with Gasteiger partial charge in [-0.05, 0) is 33.1 Å². The maximum atomic E-state index is 11.7. The number of hydrogen-bond acceptors (Lipinski definition) is 3. The maximum Gasteiger partial charge on any atom is 0.239 e. The van der Waals surface area contributed by atoms with E-state index in [-0.39, 0.29) is 42.0 Å². The maximum absolute atomic E-state index is 11.7. The number of rotatable bonds is 8. The predicted octanol–water partition coefficient (Wildman–Crippen LogP) is 1.75. The fourth-order valence-corrected chi connectivity index (χ4v) is 1.51. The third-order valence-electron chi connectivity index (χ3n) is 2.53. The van der Waals surface area contributed by atoms with Crippen LogP contribution in [0.2, 0.25) is 0 Å². The number of ether oxygens (including phenoxy) is 1. The molecule has 0 rings (SSSR count). The van der Waals surface area contributed by atoms with Gasteiger partial charge in [0.05, 0.1) is 13.2 Å². The van der Waals surface area contributed by atoms with E-state index in [1.807, 2.05) is 20.8 Å². The van der Waals surface area contributed by atoms with Gasteiger partial charge in [0.15, 0.2) is 5.96 Å². The Kier molecular flexibility index (Phi) is 13.9. The first-order chi connectivity index (χ1) is 9.74. The molecule has 0 unspecified atom stereocenters. The number of carbonyl (C=O) groups is 1. The van der Waals surface area contributed by atoms with Crippen LogP contribution in [0.1, 0.15) is 41.0 Å². The lowest BCUT2D eigenvalue weighted by atomic mass is 10.1. The molecule has 0 radical (unpaired) electrons. The van der Waals surface area contributed by atoms with Gasteiger partial charge in [0, 0.05) is 25.7 Å². The summed E-state index contributed by atoms with van der Waals surface area (Å²) in [6, 6.07) is 0. The van der Waals surface area contributed by atoms with Gasteiger partial charge in [0.2, 0.25) is 5.91 Å². The molecule has 0 aromatic carbocycles. The van der Waals surface area contributed by atoms with E-state index >= 15 is 0 Å². The van der Waals surface area contributed by atoms with E-state index < -0.39 is 0 Å². The zero-order chi connectivity index (χ0) is 16.3. The summed E-state index contributed by atoms with van der Waals surface area (Å²) in [5.41, 5.74) is -0.222. The average molecular weight is 428 g/mol. The fraction of sp³-hybridized carbons (Fsp3) is 0.867. The molecule has 0 fully saturated rings. The van der Waals surface area contributed by atoms with Gasteiger partial charge in [0.1, 0.15) is 0 Å². The second-order valence-corrected chi connectivity index (χ2v) is 6.45. The van der Waals surface area contributed by atoms with Gasteiger partial charge in [0.25, 0.3) is 0 Å². The van der Waals surface area contributed by atoms with Crippen molar-refractivity contribution in [1.82, 2.24) is 16.0 Å². The predicted molar refractivity (Wildman–Crippen MR) is 103 cm³/mol. The topological polar surface area (TPSA) is 74.8 Å². The monoisotopic (exact) mass is 428 g/mol. The molecule has 0 aliphatic carbocycles. The van der Waals surface area contributed by atoms with E-state index in [9.17, 15) is 4.79 Å². The van der Waals surface area contributed by atoms with Gasteiger partial charge in [-0.3, -0.25) is 9.79 Å². The highest BCUT2D eigenvalue weighted by Crippen LogP contribution is 1.98. The van der Waals surface area contributed by atoms with Gasteiger partial charge in [-0.25, -0.2) is 0 Å². The van der Waals surface area contributed by atoms with Gasteiger partial charge in [-0.1, -0.05) is 13.8 Å². The number of aliphatic imine (C=N–C) groups is 1. The van der Waals surface area contributed by atoms with Crippen molar-refractivity contribution in [2.24, 2.45) is 10.9 Å². The molecular formula is C15H33IN4O2. The van der Waals surface area contributed by atoms with Crippen molar-refractivity contribution in [3.05, 3.63) is 0 Å². The Hall–Kier alpha value is -0.570. The third kappa shape index (κ3) is 15.8. The first-order valence-corrected chi connectivity index (χ1v) is 7.58. The van der Waals surface area contributed by atoms with Gasteiger partial charge in [-0.2, -0.15) is 0 Å². The molecule has 0 saturated heterocycles. The minimum atomic E-state index is -0.222. The lowest BCUT2D eigenvalue weighted by Gasteiger charge is -2.21. The Morgan fingerprint density at radius 1 is 1.18 bits per heavy atom. The molecule has 0 spiro atoms. The van der Waals surface area contributed by atoms with Crippen LogP contribution in [0, 0.1) is 5.92 Å².